The van der Waals surface area contributed by atoms with Gasteiger partial charge in [0.2, 0.25) is 12.7 Å². The number of carboxylic acid groups (broad SMARTS) is 1. The fourth-order valence-corrected chi connectivity index (χ4v) is 0.362. The molecule has 60 valence electrons. The molecular weight excluding hydrogens is 148 g/mol. The Morgan fingerprint density at radius 3 is 2.45 bits per heavy atom. The summed E-state index contributed by atoms with van der Waals surface area (Å²) in [5, 5.41) is 7.42. The summed E-state index contributed by atoms with van der Waals surface area (Å²) >= 11 is 0. The summed E-state index contributed by atoms with van der Waals surface area (Å²) in [7, 11) is 0. The molecule has 1 aliphatic rings. The maximum Gasteiger partial charge on any atom is 0.300 e. The zero-order chi connectivity index (χ0) is 8.69. The molecule has 0 amide bonds. The highest BCUT2D eigenvalue weighted by Gasteiger charge is 2.00. The van der Waals surface area contributed by atoms with E-state index in [-0.39, 0.29) is 0 Å². The topological polar surface area (TPSA) is 69.7 Å². The summed E-state index contributed by atoms with van der Waals surface area (Å²) < 4.78 is 0.812. The highest BCUT2D eigenvalue weighted by molar-refractivity contribution is 5.63. The Kier molecular flexibility index (Phi) is 4.55. The molecule has 1 rings (SSSR count). The second-order valence-corrected chi connectivity index (χ2v) is 1.75. The molecule has 0 radical (unpaired) electrons. The summed E-state index contributed by atoms with van der Waals surface area (Å²) in [4.78, 5) is 22.9. The average molecular weight is 157 g/mol. The summed E-state index contributed by atoms with van der Waals surface area (Å²) in [5.41, 5.74) is 0. The first-order valence-electron chi connectivity index (χ1n) is 2.94. The van der Waals surface area contributed by atoms with Crippen LogP contribution in [0.2, 0.25) is 0 Å². The SMILES string of the molecule is CC(=O)O.O=[N+]1C=CN=CC1. The third kappa shape index (κ3) is 8.48. The lowest BCUT2D eigenvalue weighted by Crippen LogP contribution is -2.04. The van der Waals surface area contributed by atoms with Crippen LogP contribution in [0.4, 0.5) is 0 Å². The molecule has 5 heteroatoms. The standard InChI is InChI=1S/C4H5N2O.C2H4O2/c7-6-3-1-5-2-4-6;1-2(3)4/h1-3H,4H2;1H3,(H,3,4)/q+1;. The molecule has 11 heavy (non-hydrogen) atoms. The third-order valence-electron chi connectivity index (χ3n) is 0.686. The molecule has 0 unspecified atom stereocenters. The lowest BCUT2D eigenvalue weighted by atomic mass is 10.6. The van der Waals surface area contributed by atoms with E-state index < -0.39 is 5.97 Å². The molecular formula is C6H9N2O3+. The number of aliphatic carboxylic acids is 1. The molecule has 0 aromatic heterocycles. The molecule has 5 nitrogen and oxygen atoms in total. The Balaban J connectivity index is 0.000000218. The van der Waals surface area contributed by atoms with Crippen LogP contribution in [0, 0.1) is 4.91 Å². The first kappa shape index (κ1) is 9.48. The van der Waals surface area contributed by atoms with Crippen molar-refractivity contribution in [3.05, 3.63) is 17.3 Å². The van der Waals surface area contributed by atoms with Crippen LogP contribution in [0.5, 0.6) is 0 Å². The first-order chi connectivity index (χ1) is 5.13. The number of hydrogen-bond acceptors (Lipinski definition) is 3. The summed E-state index contributed by atoms with van der Waals surface area (Å²) in [5.74, 6) is -0.833. The number of nitroso groups, excluding NO2 is 1. The van der Waals surface area contributed by atoms with Crippen LogP contribution in [0.25, 0.3) is 0 Å². The van der Waals surface area contributed by atoms with Gasteiger partial charge in [0.1, 0.15) is 0 Å². The Morgan fingerprint density at radius 2 is 2.27 bits per heavy atom. The molecule has 1 aliphatic heterocycles. The zero-order valence-electron chi connectivity index (χ0n) is 6.10. The molecule has 0 aliphatic carbocycles. The van der Waals surface area contributed by atoms with Crippen LogP contribution in [0.15, 0.2) is 17.4 Å². The average Bonchev–Trinajstić information content (AvgIpc) is 1.87. The lowest BCUT2D eigenvalue weighted by Gasteiger charge is -1.81. The van der Waals surface area contributed by atoms with Crippen LogP contribution < -0.4 is 0 Å². The van der Waals surface area contributed by atoms with Gasteiger partial charge in [-0.2, -0.15) is 0 Å². The molecule has 0 fully saturated rings. The highest BCUT2D eigenvalue weighted by atomic mass is 16.4. The monoisotopic (exact) mass is 157 g/mol. The number of nitrogens with zero attached hydrogens (tertiary/aromatic N) is 2. The van der Waals surface area contributed by atoms with Crippen molar-refractivity contribution < 1.29 is 14.7 Å². The molecule has 0 bridgehead atoms. The maximum atomic E-state index is 10.2. The van der Waals surface area contributed by atoms with Gasteiger partial charge in [0, 0.05) is 16.6 Å². The van der Waals surface area contributed by atoms with Crippen molar-refractivity contribution in [2.24, 2.45) is 4.99 Å². The van der Waals surface area contributed by atoms with Gasteiger partial charge in [-0.3, -0.25) is 9.79 Å². The van der Waals surface area contributed by atoms with Crippen molar-refractivity contribution in [1.29, 1.82) is 0 Å². The quantitative estimate of drug-likeness (QED) is 0.518. The van der Waals surface area contributed by atoms with E-state index in [9.17, 15) is 4.91 Å². The number of aliphatic imine (C=N–C) groups is 1. The first-order valence-corrected chi connectivity index (χ1v) is 2.94. The van der Waals surface area contributed by atoms with Gasteiger partial charge < -0.3 is 5.11 Å². The Bertz CT molecular complexity index is 204. The maximum absolute atomic E-state index is 10.2. The largest absolute Gasteiger partial charge is 0.481 e. The minimum absolute atomic E-state index is 0.385. The molecule has 0 spiro atoms. The van der Waals surface area contributed by atoms with Crippen molar-refractivity contribution >= 4 is 12.2 Å². The molecule has 1 heterocycles. The van der Waals surface area contributed by atoms with E-state index in [1.807, 2.05) is 0 Å². The number of hydrogen-bond donors (Lipinski definition) is 1. The predicted molar refractivity (Wildman–Crippen MR) is 39.4 cm³/mol. The van der Waals surface area contributed by atoms with Gasteiger partial charge in [-0.05, 0) is 0 Å². The fourth-order valence-electron chi connectivity index (χ4n) is 0.362. The summed E-state index contributed by atoms with van der Waals surface area (Å²) in [6.45, 7) is 1.47. The van der Waals surface area contributed by atoms with Gasteiger partial charge in [0.25, 0.3) is 5.97 Å². The van der Waals surface area contributed by atoms with Crippen LogP contribution in [-0.2, 0) is 4.79 Å². The van der Waals surface area contributed by atoms with Crippen molar-refractivity contribution in [1.82, 2.24) is 0 Å². The fraction of sp³-hybridized carbons (Fsp3) is 0.333. The lowest BCUT2D eigenvalue weighted by molar-refractivity contribution is -0.462. The molecule has 0 saturated heterocycles. The Morgan fingerprint density at radius 1 is 1.73 bits per heavy atom. The molecule has 0 atom stereocenters. The molecule has 0 saturated carbocycles. The minimum Gasteiger partial charge on any atom is -0.481 e. The summed E-state index contributed by atoms with van der Waals surface area (Å²) in [6.07, 6.45) is 4.42. The molecule has 0 aromatic carbocycles. The van der Waals surface area contributed by atoms with Gasteiger partial charge in [-0.1, -0.05) is 0 Å². The Hall–Kier alpha value is -1.52. The van der Waals surface area contributed by atoms with Gasteiger partial charge in [0.15, 0.2) is 0 Å². The normalized spacial score (nSPS) is 13.7. The second kappa shape index (κ2) is 5.28. The summed E-state index contributed by atoms with van der Waals surface area (Å²) in [6, 6.07) is 0. The van der Waals surface area contributed by atoms with E-state index in [0.717, 1.165) is 11.7 Å². The van der Waals surface area contributed by atoms with E-state index >= 15 is 0 Å². The smallest absolute Gasteiger partial charge is 0.300 e. The number of carboxylic acids is 1. The minimum atomic E-state index is -0.833. The van der Waals surface area contributed by atoms with Crippen molar-refractivity contribution in [2.45, 2.75) is 6.92 Å². The second-order valence-electron chi connectivity index (χ2n) is 1.75. The van der Waals surface area contributed by atoms with Gasteiger partial charge in [-0.15, -0.1) is 0 Å². The van der Waals surface area contributed by atoms with Gasteiger partial charge in [0.05, 0.1) is 12.4 Å². The Labute approximate surface area is 63.6 Å². The number of rotatable bonds is 0. The zero-order valence-corrected chi connectivity index (χ0v) is 6.10. The molecule has 1 N–H and O–H groups in total. The molecule has 0 aromatic rings. The van der Waals surface area contributed by atoms with Crippen LogP contribution >= 0.6 is 0 Å². The van der Waals surface area contributed by atoms with Crippen LogP contribution in [0.1, 0.15) is 6.92 Å². The predicted octanol–water partition coefficient (Wildman–Crippen LogP) is 0.412. The third-order valence-corrected chi connectivity index (χ3v) is 0.686. The van der Waals surface area contributed by atoms with Gasteiger partial charge >= 0.3 is 0 Å². The van der Waals surface area contributed by atoms with Crippen LogP contribution in [0.3, 0.4) is 0 Å². The van der Waals surface area contributed by atoms with Crippen LogP contribution in [-0.4, -0.2) is 28.6 Å². The highest BCUT2D eigenvalue weighted by Crippen LogP contribution is 1.82. The van der Waals surface area contributed by atoms with Crippen molar-refractivity contribution in [2.75, 3.05) is 6.54 Å². The van der Waals surface area contributed by atoms with Gasteiger partial charge in [-0.25, -0.2) is 0 Å². The number of carbonyl (C=O) groups is 1. The van der Waals surface area contributed by atoms with E-state index in [2.05, 4.69) is 4.99 Å². The van der Waals surface area contributed by atoms with E-state index in [0.29, 0.717) is 6.54 Å². The van der Waals surface area contributed by atoms with E-state index in [1.54, 1.807) is 6.21 Å². The van der Waals surface area contributed by atoms with E-state index in [1.165, 1.54) is 12.4 Å². The van der Waals surface area contributed by atoms with Crippen molar-refractivity contribution in [3.8, 4) is 0 Å². The van der Waals surface area contributed by atoms with Crippen molar-refractivity contribution in [3.63, 3.8) is 0 Å². The van der Waals surface area contributed by atoms with E-state index in [4.69, 9.17) is 9.90 Å².